The van der Waals surface area contributed by atoms with E-state index >= 15 is 0 Å². The van der Waals surface area contributed by atoms with E-state index in [1.165, 1.54) is 11.1 Å². The fourth-order valence-electron chi connectivity index (χ4n) is 3.43. The minimum absolute atomic E-state index is 0.0852. The Balaban J connectivity index is 1.89. The zero-order chi connectivity index (χ0) is 19.4. The Bertz CT molecular complexity index is 974. The molecule has 0 saturated carbocycles. The lowest BCUT2D eigenvalue weighted by molar-refractivity contribution is 0.139. The molecule has 0 amide bonds. The zero-order valence-corrected chi connectivity index (χ0v) is 16.6. The molecule has 0 unspecified atom stereocenters. The third kappa shape index (κ3) is 4.65. The number of hydrogen-bond acceptors (Lipinski definition) is 3. The van der Waals surface area contributed by atoms with Crippen LogP contribution >= 0.6 is 0 Å². The zero-order valence-electron chi connectivity index (χ0n) is 16.6. The molecule has 0 aliphatic heterocycles. The van der Waals surface area contributed by atoms with Gasteiger partial charge in [0, 0.05) is 43.9 Å². The van der Waals surface area contributed by atoms with Crippen LogP contribution in [0.4, 0.5) is 0 Å². The monoisotopic (exact) mass is 364 g/mol. The second kappa shape index (κ2) is 8.51. The molecule has 142 valence electrons. The molecular weight excluding hydrogens is 336 g/mol. The maximum atomic E-state index is 12.7. The van der Waals surface area contributed by atoms with E-state index in [4.69, 9.17) is 4.74 Å². The molecule has 0 bridgehead atoms. The summed E-state index contributed by atoms with van der Waals surface area (Å²) in [6.07, 6.45) is 0. The summed E-state index contributed by atoms with van der Waals surface area (Å²) in [6.45, 7) is 9.07. The molecule has 0 radical (unpaired) electrons. The number of aromatic amines is 1. The van der Waals surface area contributed by atoms with Gasteiger partial charge in [0.25, 0.3) is 0 Å². The lowest BCUT2D eigenvalue weighted by Gasteiger charge is -2.22. The van der Waals surface area contributed by atoms with Crippen molar-refractivity contribution in [1.82, 2.24) is 9.88 Å². The molecule has 1 heterocycles. The van der Waals surface area contributed by atoms with Gasteiger partial charge >= 0.3 is 0 Å². The Morgan fingerprint density at radius 2 is 1.67 bits per heavy atom. The van der Waals surface area contributed by atoms with Crippen molar-refractivity contribution >= 4 is 10.9 Å². The number of aromatic nitrogens is 1. The highest BCUT2D eigenvalue weighted by Gasteiger charge is 2.11. The number of fused-ring (bicyclic) bond motifs is 1. The van der Waals surface area contributed by atoms with Crippen molar-refractivity contribution in [2.24, 2.45) is 0 Å². The molecule has 0 aliphatic rings. The quantitative estimate of drug-likeness (QED) is 0.686. The minimum atomic E-state index is 0.0852. The molecule has 27 heavy (non-hydrogen) atoms. The third-order valence-electron chi connectivity index (χ3n) is 4.99. The first-order chi connectivity index (χ1) is 13.0. The van der Waals surface area contributed by atoms with Crippen LogP contribution in [0.2, 0.25) is 0 Å². The summed E-state index contributed by atoms with van der Waals surface area (Å²) >= 11 is 0. The number of rotatable bonds is 7. The maximum absolute atomic E-state index is 12.7. The average Bonchev–Trinajstić information content (AvgIpc) is 2.64. The van der Waals surface area contributed by atoms with Gasteiger partial charge in [-0.15, -0.1) is 0 Å². The van der Waals surface area contributed by atoms with Crippen LogP contribution in [0.5, 0.6) is 0 Å². The number of pyridine rings is 1. The number of nitrogens with zero attached hydrogens (tertiary/aromatic N) is 1. The van der Waals surface area contributed by atoms with Gasteiger partial charge < -0.3 is 9.72 Å². The van der Waals surface area contributed by atoms with Gasteiger partial charge in [-0.25, -0.2) is 0 Å². The van der Waals surface area contributed by atoms with Gasteiger partial charge in [0.05, 0.1) is 12.1 Å². The van der Waals surface area contributed by atoms with Crippen molar-refractivity contribution in [3.05, 3.63) is 80.6 Å². The molecule has 4 nitrogen and oxygen atoms in total. The molecule has 4 heteroatoms. The largest absolute Gasteiger partial charge is 0.383 e. The van der Waals surface area contributed by atoms with Gasteiger partial charge in [0.1, 0.15) is 0 Å². The Morgan fingerprint density at radius 1 is 0.963 bits per heavy atom. The van der Waals surface area contributed by atoms with Crippen molar-refractivity contribution in [3.8, 4) is 0 Å². The average molecular weight is 364 g/mol. The number of ether oxygens (including phenoxy) is 1. The van der Waals surface area contributed by atoms with Gasteiger partial charge in [-0.3, -0.25) is 9.69 Å². The molecular formula is C23H28N2O2. The van der Waals surface area contributed by atoms with Gasteiger partial charge in [-0.2, -0.15) is 0 Å². The first-order valence-electron chi connectivity index (χ1n) is 9.37. The van der Waals surface area contributed by atoms with Crippen LogP contribution in [0.3, 0.4) is 0 Å². The Morgan fingerprint density at radius 3 is 2.37 bits per heavy atom. The van der Waals surface area contributed by atoms with E-state index in [1.54, 1.807) is 13.2 Å². The first-order valence-corrected chi connectivity index (χ1v) is 9.37. The van der Waals surface area contributed by atoms with Crippen LogP contribution in [0.15, 0.2) is 47.3 Å². The standard InChI is InChI=1S/C23H28N2O2/c1-16-5-9-19(10-6-16)14-25(11-12-27-4)15-20-13-21(26)22-17(2)7-8-18(3)23(22)24-20/h5-10,13H,11-12,14-15H2,1-4H3,(H,24,26). The van der Waals surface area contributed by atoms with Crippen LogP contribution in [0.1, 0.15) is 27.9 Å². The first kappa shape index (κ1) is 19.3. The van der Waals surface area contributed by atoms with Crippen molar-refractivity contribution in [3.63, 3.8) is 0 Å². The van der Waals surface area contributed by atoms with E-state index in [2.05, 4.69) is 47.1 Å². The Labute approximate surface area is 160 Å². The van der Waals surface area contributed by atoms with E-state index in [0.717, 1.165) is 40.8 Å². The number of hydrogen-bond donors (Lipinski definition) is 1. The minimum Gasteiger partial charge on any atom is -0.383 e. The Hall–Kier alpha value is -2.43. The fourth-order valence-corrected chi connectivity index (χ4v) is 3.43. The summed E-state index contributed by atoms with van der Waals surface area (Å²) < 4.78 is 5.28. The summed E-state index contributed by atoms with van der Waals surface area (Å²) in [4.78, 5) is 18.5. The molecule has 1 N–H and O–H groups in total. The van der Waals surface area contributed by atoms with Crippen molar-refractivity contribution in [2.45, 2.75) is 33.9 Å². The highest BCUT2D eigenvalue weighted by atomic mass is 16.5. The second-order valence-electron chi connectivity index (χ2n) is 7.30. The fraction of sp³-hybridized carbons (Fsp3) is 0.348. The van der Waals surface area contributed by atoms with E-state index in [9.17, 15) is 4.79 Å². The molecule has 0 fully saturated rings. The molecule has 0 aliphatic carbocycles. The van der Waals surface area contributed by atoms with Crippen LogP contribution in [0, 0.1) is 20.8 Å². The topological polar surface area (TPSA) is 45.3 Å². The molecule has 3 rings (SSSR count). The number of benzene rings is 2. The van der Waals surface area contributed by atoms with Gasteiger partial charge in [0.15, 0.2) is 5.43 Å². The van der Waals surface area contributed by atoms with Crippen LogP contribution < -0.4 is 5.43 Å². The van der Waals surface area contributed by atoms with Crippen LogP contribution in [-0.4, -0.2) is 30.1 Å². The number of aryl methyl sites for hydroxylation is 3. The molecule has 0 spiro atoms. The van der Waals surface area contributed by atoms with Crippen LogP contribution in [0.25, 0.3) is 10.9 Å². The summed E-state index contributed by atoms with van der Waals surface area (Å²) in [5.41, 5.74) is 6.58. The number of H-pyrrole nitrogens is 1. The maximum Gasteiger partial charge on any atom is 0.189 e. The molecule has 0 saturated heterocycles. The predicted octanol–water partition coefficient (Wildman–Crippen LogP) is 4.10. The van der Waals surface area contributed by atoms with Crippen molar-refractivity contribution < 1.29 is 4.74 Å². The summed E-state index contributed by atoms with van der Waals surface area (Å²) in [7, 11) is 1.72. The second-order valence-corrected chi connectivity index (χ2v) is 7.30. The molecule has 1 aromatic heterocycles. The lowest BCUT2D eigenvalue weighted by Crippen LogP contribution is -2.27. The highest BCUT2D eigenvalue weighted by Crippen LogP contribution is 2.18. The molecule has 2 aromatic carbocycles. The van der Waals surface area contributed by atoms with E-state index in [1.807, 2.05) is 19.9 Å². The molecule has 3 aromatic rings. The Kier molecular flexibility index (Phi) is 6.09. The summed E-state index contributed by atoms with van der Waals surface area (Å²) in [5, 5.41) is 0.792. The van der Waals surface area contributed by atoms with E-state index in [0.29, 0.717) is 13.2 Å². The summed E-state index contributed by atoms with van der Waals surface area (Å²) in [5.74, 6) is 0. The number of nitrogens with one attached hydrogen (secondary N) is 1. The van der Waals surface area contributed by atoms with Crippen molar-refractivity contribution in [1.29, 1.82) is 0 Å². The highest BCUT2D eigenvalue weighted by molar-refractivity contribution is 5.84. The van der Waals surface area contributed by atoms with Gasteiger partial charge in [0.2, 0.25) is 0 Å². The third-order valence-corrected chi connectivity index (χ3v) is 4.99. The smallest absolute Gasteiger partial charge is 0.189 e. The van der Waals surface area contributed by atoms with Gasteiger partial charge in [-0.05, 0) is 37.5 Å². The van der Waals surface area contributed by atoms with E-state index in [-0.39, 0.29) is 5.43 Å². The molecule has 0 atom stereocenters. The van der Waals surface area contributed by atoms with Crippen LogP contribution in [-0.2, 0) is 17.8 Å². The van der Waals surface area contributed by atoms with Gasteiger partial charge in [-0.1, -0.05) is 42.0 Å². The SMILES string of the molecule is COCCN(Cc1ccc(C)cc1)Cc1cc(=O)c2c(C)ccc(C)c2[nH]1. The normalized spacial score (nSPS) is 11.4. The number of methoxy groups -OCH3 is 1. The lowest BCUT2D eigenvalue weighted by atomic mass is 10.0. The van der Waals surface area contributed by atoms with E-state index < -0.39 is 0 Å². The predicted molar refractivity (Wildman–Crippen MR) is 111 cm³/mol. The van der Waals surface area contributed by atoms with Crippen molar-refractivity contribution in [2.75, 3.05) is 20.3 Å². The summed E-state index contributed by atoms with van der Waals surface area (Å²) in [6, 6.07) is 14.4.